The molecule has 1 heterocycles. The molecular formula is C10H15NO3. The highest BCUT2D eigenvalue weighted by Gasteiger charge is 2.15. The maximum absolute atomic E-state index is 11.2. The van der Waals surface area contributed by atoms with Crippen LogP contribution in [0.25, 0.3) is 0 Å². The first-order valence-corrected chi connectivity index (χ1v) is 4.53. The Morgan fingerprint density at radius 2 is 2.36 bits per heavy atom. The first-order chi connectivity index (χ1) is 6.65. The van der Waals surface area contributed by atoms with Gasteiger partial charge in [0.25, 0.3) is 0 Å². The minimum atomic E-state index is -0.435. The topological polar surface area (TPSA) is 51.5 Å². The van der Waals surface area contributed by atoms with Gasteiger partial charge < -0.3 is 14.5 Å². The average molecular weight is 197 g/mol. The lowest BCUT2D eigenvalue weighted by Crippen LogP contribution is -2.22. The Morgan fingerprint density at radius 3 is 2.93 bits per heavy atom. The van der Waals surface area contributed by atoms with Gasteiger partial charge in [-0.05, 0) is 6.07 Å². The van der Waals surface area contributed by atoms with E-state index in [1.165, 1.54) is 13.4 Å². The van der Waals surface area contributed by atoms with Crippen LogP contribution in [-0.2, 0) is 11.3 Å². The van der Waals surface area contributed by atoms with Crippen molar-refractivity contribution in [2.75, 3.05) is 7.11 Å². The Hall–Kier alpha value is -1.29. The van der Waals surface area contributed by atoms with Crippen molar-refractivity contribution in [3.8, 4) is 0 Å². The van der Waals surface area contributed by atoms with Crippen LogP contribution in [0.15, 0.2) is 16.7 Å². The van der Waals surface area contributed by atoms with Crippen molar-refractivity contribution in [2.24, 2.45) is 0 Å². The van der Waals surface area contributed by atoms with Gasteiger partial charge in [-0.15, -0.1) is 0 Å². The molecule has 0 aromatic carbocycles. The van der Waals surface area contributed by atoms with E-state index in [2.05, 4.69) is 10.1 Å². The molecule has 1 aromatic rings. The summed E-state index contributed by atoms with van der Waals surface area (Å²) in [5.41, 5.74) is 0.825. The maximum Gasteiger partial charge on any atom is 0.374 e. The Bertz CT molecular complexity index is 304. The molecule has 0 saturated carbocycles. The van der Waals surface area contributed by atoms with Crippen molar-refractivity contribution < 1.29 is 13.9 Å². The zero-order valence-electron chi connectivity index (χ0n) is 8.66. The summed E-state index contributed by atoms with van der Waals surface area (Å²) in [6.45, 7) is 4.69. The molecular weight excluding hydrogens is 182 g/mol. The summed E-state index contributed by atoms with van der Waals surface area (Å²) in [6.07, 6.45) is 1.49. The van der Waals surface area contributed by atoms with Crippen LogP contribution in [0.4, 0.5) is 0 Å². The number of hydrogen-bond acceptors (Lipinski definition) is 4. The molecule has 0 amide bonds. The Kier molecular flexibility index (Phi) is 3.71. The fourth-order valence-electron chi connectivity index (χ4n) is 1.06. The van der Waals surface area contributed by atoms with Crippen LogP contribution in [0.1, 0.15) is 30.0 Å². The quantitative estimate of drug-likeness (QED) is 0.744. The third kappa shape index (κ3) is 2.60. The van der Waals surface area contributed by atoms with Crippen molar-refractivity contribution >= 4 is 5.97 Å². The smallest absolute Gasteiger partial charge is 0.374 e. The van der Waals surface area contributed by atoms with E-state index in [4.69, 9.17) is 4.42 Å². The normalized spacial score (nSPS) is 10.6. The van der Waals surface area contributed by atoms with Crippen molar-refractivity contribution in [1.29, 1.82) is 0 Å². The summed E-state index contributed by atoms with van der Waals surface area (Å²) in [6, 6.07) is 2.14. The predicted molar refractivity (Wildman–Crippen MR) is 52.0 cm³/mol. The summed E-state index contributed by atoms with van der Waals surface area (Å²) >= 11 is 0. The van der Waals surface area contributed by atoms with Gasteiger partial charge in [-0.1, -0.05) is 13.8 Å². The highest BCUT2D eigenvalue weighted by Crippen LogP contribution is 2.11. The molecule has 0 unspecified atom stereocenters. The van der Waals surface area contributed by atoms with Crippen molar-refractivity contribution in [3.63, 3.8) is 0 Å². The number of hydrogen-bond donors (Lipinski definition) is 1. The van der Waals surface area contributed by atoms with E-state index < -0.39 is 5.97 Å². The molecule has 1 aromatic heterocycles. The van der Waals surface area contributed by atoms with Crippen LogP contribution in [0.3, 0.4) is 0 Å². The lowest BCUT2D eigenvalue weighted by Gasteiger charge is -2.06. The second kappa shape index (κ2) is 4.81. The summed E-state index contributed by atoms with van der Waals surface area (Å²) in [4.78, 5) is 11.2. The molecule has 1 N–H and O–H groups in total. The lowest BCUT2D eigenvalue weighted by atomic mass is 10.2. The van der Waals surface area contributed by atoms with Crippen LogP contribution in [0.2, 0.25) is 0 Å². The van der Waals surface area contributed by atoms with Crippen LogP contribution < -0.4 is 5.32 Å². The molecule has 0 atom stereocenters. The number of rotatable bonds is 4. The zero-order valence-corrected chi connectivity index (χ0v) is 8.66. The van der Waals surface area contributed by atoms with Gasteiger partial charge in [-0.2, -0.15) is 0 Å². The van der Waals surface area contributed by atoms with E-state index in [0.717, 1.165) is 5.56 Å². The lowest BCUT2D eigenvalue weighted by molar-refractivity contribution is 0.0563. The SMILES string of the molecule is COC(=O)c1occc1CNC(C)C. The molecule has 78 valence electrons. The summed E-state index contributed by atoms with van der Waals surface area (Å²) in [5, 5.41) is 3.20. The standard InChI is InChI=1S/C10H15NO3/c1-7(2)11-6-8-4-5-14-9(8)10(12)13-3/h4-5,7,11H,6H2,1-3H3. The van der Waals surface area contributed by atoms with E-state index in [1.54, 1.807) is 6.07 Å². The summed E-state index contributed by atoms with van der Waals surface area (Å²) < 4.78 is 9.62. The Labute approximate surface area is 83.2 Å². The van der Waals surface area contributed by atoms with Crippen LogP contribution in [0.5, 0.6) is 0 Å². The first-order valence-electron chi connectivity index (χ1n) is 4.53. The molecule has 14 heavy (non-hydrogen) atoms. The van der Waals surface area contributed by atoms with Gasteiger partial charge in [0.1, 0.15) is 0 Å². The van der Waals surface area contributed by atoms with E-state index in [-0.39, 0.29) is 5.76 Å². The van der Waals surface area contributed by atoms with Crippen LogP contribution >= 0.6 is 0 Å². The van der Waals surface area contributed by atoms with E-state index >= 15 is 0 Å². The predicted octanol–water partition coefficient (Wildman–Crippen LogP) is 1.56. The minimum Gasteiger partial charge on any atom is -0.463 e. The molecule has 0 bridgehead atoms. The number of nitrogens with one attached hydrogen (secondary N) is 1. The summed E-state index contributed by atoms with van der Waals surface area (Å²) in [5.74, 6) is -0.156. The molecule has 0 saturated heterocycles. The second-order valence-corrected chi connectivity index (χ2v) is 3.30. The molecule has 4 heteroatoms. The molecule has 0 aliphatic heterocycles. The molecule has 4 nitrogen and oxygen atoms in total. The molecule has 0 fully saturated rings. The maximum atomic E-state index is 11.2. The third-order valence-corrected chi connectivity index (χ3v) is 1.82. The largest absolute Gasteiger partial charge is 0.463 e. The van der Waals surface area contributed by atoms with E-state index in [1.807, 2.05) is 13.8 Å². The molecule has 0 radical (unpaired) electrons. The molecule has 0 aliphatic rings. The summed E-state index contributed by atoms with van der Waals surface area (Å²) in [7, 11) is 1.34. The molecule has 0 aliphatic carbocycles. The van der Waals surface area contributed by atoms with Gasteiger partial charge in [0.15, 0.2) is 0 Å². The first kappa shape index (κ1) is 10.8. The van der Waals surface area contributed by atoms with Crippen molar-refractivity contribution in [3.05, 3.63) is 23.7 Å². The van der Waals surface area contributed by atoms with Gasteiger partial charge in [0.05, 0.1) is 13.4 Å². The van der Waals surface area contributed by atoms with Crippen molar-refractivity contribution in [1.82, 2.24) is 5.32 Å². The average Bonchev–Trinajstić information content (AvgIpc) is 2.61. The van der Waals surface area contributed by atoms with Gasteiger partial charge in [0.2, 0.25) is 5.76 Å². The number of ether oxygens (including phenoxy) is 1. The van der Waals surface area contributed by atoms with E-state index in [0.29, 0.717) is 12.6 Å². The van der Waals surface area contributed by atoms with Gasteiger partial charge in [-0.3, -0.25) is 0 Å². The monoisotopic (exact) mass is 197 g/mol. The van der Waals surface area contributed by atoms with E-state index in [9.17, 15) is 4.79 Å². The number of esters is 1. The number of furan rings is 1. The number of carbonyl (C=O) groups is 1. The fourth-order valence-corrected chi connectivity index (χ4v) is 1.06. The van der Waals surface area contributed by atoms with Crippen LogP contribution in [-0.4, -0.2) is 19.1 Å². The minimum absolute atomic E-state index is 0.278. The Balaban J connectivity index is 2.67. The van der Waals surface area contributed by atoms with Gasteiger partial charge >= 0.3 is 5.97 Å². The van der Waals surface area contributed by atoms with Gasteiger partial charge in [0, 0.05) is 18.2 Å². The highest BCUT2D eigenvalue weighted by atomic mass is 16.5. The molecule has 0 spiro atoms. The molecule has 1 rings (SSSR count). The van der Waals surface area contributed by atoms with Gasteiger partial charge in [-0.25, -0.2) is 4.79 Å². The number of methoxy groups -OCH3 is 1. The third-order valence-electron chi connectivity index (χ3n) is 1.82. The number of carbonyl (C=O) groups excluding carboxylic acids is 1. The zero-order chi connectivity index (χ0) is 10.6. The highest BCUT2D eigenvalue weighted by molar-refractivity contribution is 5.87. The second-order valence-electron chi connectivity index (χ2n) is 3.30. The fraction of sp³-hybridized carbons (Fsp3) is 0.500. The van der Waals surface area contributed by atoms with Crippen LogP contribution in [0, 0.1) is 0 Å². The van der Waals surface area contributed by atoms with Crippen molar-refractivity contribution in [2.45, 2.75) is 26.4 Å². The Morgan fingerprint density at radius 1 is 1.64 bits per heavy atom.